The zero-order chi connectivity index (χ0) is 22.5. The van der Waals surface area contributed by atoms with Crippen molar-refractivity contribution in [3.8, 4) is 0 Å². The van der Waals surface area contributed by atoms with Gasteiger partial charge in [0.05, 0.1) is 0 Å². The molecule has 0 aliphatic carbocycles. The van der Waals surface area contributed by atoms with Crippen LogP contribution in [-0.4, -0.2) is 16.5 Å². The van der Waals surface area contributed by atoms with Crippen LogP contribution in [0, 0.1) is 0 Å². The van der Waals surface area contributed by atoms with Crippen LogP contribution < -0.4 is 5.32 Å². The molecule has 0 saturated carbocycles. The van der Waals surface area contributed by atoms with Crippen LogP contribution in [0.5, 0.6) is 0 Å². The van der Waals surface area contributed by atoms with E-state index in [9.17, 15) is 4.79 Å². The molecule has 0 fully saturated rings. The van der Waals surface area contributed by atoms with Crippen LogP contribution in [0.4, 0.5) is 0 Å². The standard InChI is InChI=1S/C28H29ClN2O/c1-20(15-16-21-9-4-3-5-10-21)30-28(32)18-25(22-11-8-12-23(29)17-22)26-19-31(2)27-14-7-6-13-24(26)27/h3-14,17,19-20,25H,15-16,18H2,1-2H3,(H,30,32). The van der Waals surface area contributed by atoms with Crippen LogP contribution in [0.3, 0.4) is 0 Å². The predicted molar refractivity (Wildman–Crippen MR) is 133 cm³/mol. The lowest BCUT2D eigenvalue weighted by Crippen LogP contribution is -2.33. The second-order valence-electron chi connectivity index (χ2n) is 8.52. The number of carbonyl (C=O) groups is 1. The van der Waals surface area contributed by atoms with Crippen molar-refractivity contribution in [3.63, 3.8) is 0 Å². The lowest BCUT2D eigenvalue weighted by molar-refractivity contribution is -0.121. The first kappa shape index (κ1) is 22.2. The Morgan fingerprint density at radius 1 is 1.00 bits per heavy atom. The molecule has 3 aromatic carbocycles. The van der Waals surface area contributed by atoms with Crippen LogP contribution in [0.2, 0.25) is 5.02 Å². The summed E-state index contributed by atoms with van der Waals surface area (Å²) in [6, 6.07) is 26.7. The fraction of sp³-hybridized carbons (Fsp3) is 0.250. The Morgan fingerprint density at radius 2 is 1.75 bits per heavy atom. The van der Waals surface area contributed by atoms with E-state index in [0.717, 1.165) is 29.5 Å². The molecule has 4 heteroatoms. The van der Waals surface area contributed by atoms with E-state index in [-0.39, 0.29) is 17.9 Å². The fourth-order valence-electron chi connectivity index (χ4n) is 4.40. The molecule has 2 atom stereocenters. The minimum atomic E-state index is -0.0684. The van der Waals surface area contributed by atoms with Crippen molar-refractivity contribution >= 4 is 28.4 Å². The number of aromatic nitrogens is 1. The van der Waals surface area contributed by atoms with Crippen LogP contribution in [0.15, 0.2) is 85.1 Å². The maximum Gasteiger partial charge on any atom is 0.221 e. The Balaban J connectivity index is 1.53. The molecular formula is C28H29ClN2O. The summed E-state index contributed by atoms with van der Waals surface area (Å²) >= 11 is 6.31. The Hall–Kier alpha value is -3.04. The van der Waals surface area contributed by atoms with Gasteiger partial charge in [0.1, 0.15) is 0 Å². The molecule has 1 aromatic heterocycles. The highest BCUT2D eigenvalue weighted by Gasteiger charge is 2.23. The molecule has 0 saturated heterocycles. The van der Waals surface area contributed by atoms with Crippen molar-refractivity contribution in [2.24, 2.45) is 7.05 Å². The third-order valence-corrected chi connectivity index (χ3v) is 6.30. The van der Waals surface area contributed by atoms with E-state index < -0.39 is 0 Å². The number of para-hydroxylation sites is 1. The molecule has 0 spiro atoms. The molecule has 4 aromatic rings. The Bertz CT molecular complexity index is 1200. The van der Waals surface area contributed by atoms with Gasteiger partial charge in [0.2, 0.25) is 5.91 Å². The third kappa shape index (κ3) is 5.23. The predicted octanol–water partition coefficient (Wildman–Crippen LogP) is 6.49. The molecular weight excluding hydrogens is 416 g/mol. The summed E-state index contributed by atoms with van der Waals surface area (Å²) in [5.74, 6) is -0.00963. The first-order chi connectivity index (χ1) is 15.5. The van der Waals surface area contributed by atoms with E-state index in [1.807, 2.05) is 43.4 Å². The number of hydrogen-bond donors (Lipinski definition) is 1. The summed E-state index contributed by atoms with van der Waals surface area (Å²) in [6.07, 6.45) is 4.38. The van der Waals surface area contributed by atoms with E-state index in [0.29, 0.717) is 11.4 Å². The number of nitrogens with zero attached hydrogens (tertiary/aromatic N) is 1. The maximum atomic E-state index is 13.1. The van der Waals surface area contributed by atoms with Gasteiger partial charge in [-0.15, -0.1) is 0 Å². The highest BCUT2D eigenvalue weighted by molar-refractivity contribution is 6.30. The minimum absolute atomic E-state index is 0.0588. The largest absolute Gasteiger partial charge is 0.354 e. The second kappa shape index (κ2) is 10.1. The van der Waals surface area contributed by atoms with Gasteiger partial charge >= 0.3 is 0 Å². The molecule has 0 aliphatic rings. The van der Waals surface area contributed by atoms with E-state index in [1.165, 1.54) is 10.9 Å². The lowest BCUT2D eigenvalue weighted by Gasteiger charge is -2.20. The average molecular weight is 445 g/mol. The molecule has 0 aliphatic heterocycles. The van der Waals surface area contributed by atoms with Gasteiger partial charge in [-0.05, 0) is 54.7 Å². The van der Waals surface area contributed by atoms with Gasteiger partial charge in [0, 0.05) is 47.6 Å². The number of fused-ring (bicyclic) bond motifs is 1. The van der Waals surface area contributed by atoms with Gasteiger partial charge in [0.15, 0.2) is 0 Å². The van der Waals surface area contributed by atoms with Crippen LogP contribution in [0.1, 0.15) is 42.4 Å². The van der Waals surface area contributed by atoms with Crippen molar-refractivity contribution in [1.29, 1.82) is 0 Å². The summed E-state index contributed by atoms with van der Waals surface area (Å²) in [7, 11) is 2.05. The number of nitrogens with one attached hydrogen (secondary N) is 1. The molecule has 1 amide bonds. The third-order valence-electron chi connectivity index (χ3n) is 6.06. The number of hydrogen-bond acceptors (Lipinski definition) is 1. The molecule has 1 N–H and O–H groups in total. The molecule has 3 nitrogen and oxygen atoms in total. The molecule has 0 bridgehead atoms. The van der Waals surface area contributed by atoms with E-state index in [2.05, 4.69) is 65.5 Å². The molecule has 2 unspecified atom stereocenters. The average Bonchev–Trinajstić information content (AvgIpc) is 3.13. The Kier molecular flexibility index (Phi) is 6.96. The zero-order valence-electron chi connectivity index (χ0n) is 18.6. The summed E-state index contributed by atoms with van der Waals surface area (Å²) in [5.41, 5.74) is 4.66. The van der Waals surface area contributed by atoms with Crippen molar-refractivity contribution in [2.45, 2.75) is 38.1 Å². The van der Waals surface area contributed by atoms with Crippen LogP contribution in [-0.2, 0) is 18.3 Å². The quantitative estimate of drug-likeness (QED) is 0.331. The number of halogens is 1. The van der Waals surface area contributed by atoms with Crippen molar-refractivity contribution in [1.82, 2.24) is 9.88 Å². The molecule has 0 radical (unpaired) electrons. The van der Waals surface area contributed by atoms with E-state index >= 15 is 0 Å². The molecule has 4 rings (SSSR count). The van der Waals surface area contributed by atoms with Crippen molar-refractivity contribution in [2.75, 3.05) is 0 Å². The topological polar surface area (TPSA) is 34.0 Å². The van der Waals surface area contributed by atoms with Gasteiger partial charge in [-0.1, -0.05) is 72.3 Å². The number of carbonyl (C=O) groups excluding carboxylic acids is 1. The lowest BCUT2D eigenvalue weighted by atomic mass is 9.88. The fourth-order valence-corrected chi connectivity index (χ4v) is 4.60. The van der Waals surface area contributed by atoms with Crippen LogP contribution >= 0.6 is 11.6 Å². The maximum absolute atomic E-state index is 13.1. The monoisotopic (exact) mass is 444 g/mol. The number of benzene rings is 3. The van der Waals surface area contributed by atoms with E-state index in [4.69, 9.17) is 11.6 Å². The van der Waals surface area contributed by atoms with E-state index in [1.54, 1.807) is 0 Å². The highest BCUT2D eigenvalue weighted by Crippen LogP contribution is 2.35. The highest BCUT2D eigenvalue weighted by atomic mass is 35.5. The SMILES string of the molecule is CC(CCc1ccccc1)NC(=O)CC(c1cccc(Cl)c1)c1cn(C)c2ccccc12. The number of amides is 1. The number of rotatable bonds is 8. The molecule has 164 valence electrons. The minimum Gasteiger partial charge on any atom is -0.354 e. The summed E-state index contributed by atoms with van der Waals surface area (Å²) in [6.45, 7) is 2.08. The Labute approximate surface area is 195 Å². The summed E-state index contributed by atoms with van der Waals surface area (Å²) < 4.78 is 2.13. The number of aryl methyl sites for hydroxylation is 2. The Morgan fingerprint density at radius 3 is 2.53 bits per heavy atom. The molecule has 32 heavy (non-hydrogen) atoms. The summed E-state index contributed by atoms with van der Waals surface area (Å²) in [4.78, 5) is 13.1. The first-order valence-electron chi connectivity index (χ1n) is 11.1. The van der Waals surface area contributed by atoms with Crippen molar-refractivity contribution in [3.05, 3.63) is 107 Å². The van der Waals surface area contributed by atoms with Gasteiger partial charge in [-0.2, -0.15) is 0 Å². The smallest absolute Gasteiger partial charge is 0.221 e. The zero-order valence-corrected chi connectivity index (χ0v) is 19.3. The van der Waals surface area contributed by atoms with Gasteiger partial charge < -0.3 is 9.88 Å². The van der Waals surface area contributed by atoms with Gasteiger partial charge in [-0.3, -0.25) is 4.79 Å². The molecule has 1 heterocycles. The second-order valence-corrected chi connectivity index (χ2v) is 8.95. The van der Waals surface area contributed by atoms with Crippen molar-refractivity contribution < 1.29 is 4.79 Å². The first-order valence-corrected chi connectivity index (χ1v) is 11.5. The normalized spacial score (nSPS) is 13.1. The van der Waals surface area contributed by atoms with Gasteiger partial charge in [-0.25, -0.2) is 0 Å². The van der Waals surface area contributed by atoms with Crippen LogP contribution in [0.25, 0.3) is 10.9 Å². The summed E-state index contributed by atoms with van der Waals surface area (Å²) in [5, 5.41) is 5.07. The van der Waals surface area contributed by atoms with Gasteiger partial charge in [0.25, 0.3) is 0 Å².